The quantitative estimate of drug-likeness (QED) is 0.241. The Hall–Kier alpha value is -4.22. The van der Waals surface area contributed by atoms with E-state index in [1.54, 1.807) is 4.40 Å². The summed E-state index contributed by atoms with van der Waals surface area (Å²) < 4.78 is 88.9. The number of rotatable bonds is 5. The molecule has 4 rings (SSSR count). The van der Waals surface area contributed by atoms with Gasteiger partial charge >= 0.3 is 18.7 Å². The molecular weight excluding hydrogens is 482 g/mol. The van der Waals surface area contributed by atoms with Crippen LogP contribution in [0.15, 0.2) is 67.0 Å². The third-order valence-electron chi connectivity index (χ3n) is 4.84. The first-order valence-electron chi connectivity index (χ1n) is 9.75. The van der Waals surface area contributed by atoms with Crippen molar-refractivity contribution < 1.29 is 45.3 Å². The van der Waals surface area contributed by atoms with Crippen LogP contribution in [0.25, 0.3) is 28.0 Å². The van der Waals surface area contributed by atoms with Gasteiger partial charge in [0.05, 0.1) is 24.6 Å². The zero-order valence-electron chi connectivity index (χ0n) is 17.6. The molecule has 0 radical (unpaired) electrons. The maximum Gasteiger partial charge on any atom is 0.573 e. The third-order valence-corrected chi connectivity index (χ3v) is 4.84. The molecule has 0 saturated heterocycles. The van der Waals surface area contributed by atoms with Crippen molar-refractivity contribution in [1.82, 2.24) is 9.38 Å². The number of methoxy groups -OCH3 is 1. The molecule has 0 fully saturated rings. The van der Waals surface area contributed by atoms with Crippen molar-refractivity contribution in [3.8, 4) is 33.9 Å². The summed E-state index contributed by atoms with van der Waals surface area (Å²) in [6.45, 7) is 0. The number of hydrogen-bond acceptors (Lipinski definition) is 5. The molecule has 0 spiro atoms. The van der Waals surface area contributed by atoms with Crippen molar-refractivity contribution in [3.05, 3.63) is 72.6 Å². The van der Waals surface area contributed by atoms with Crippen LogP contribution in [-0.4, -0.2) is 35.2 Å². The molecular formula is C23H14F6N2O4. The van der Waals surface area contributed by atoms with E-state index in [9.17, 15) is 31.1 Å². The fourth-order valence-corrected chi connectivity index (χ4v) is 3.41. The number of carbonyl (C=O) groups is 1. The van der Waals surface area contributed by atoms with Gasteiger partial charge in [0.25, 0.3) is 0 Å². The second kappa shape index (κ2) is 8.85. The van der Waals surface area contributed by atoms with Crippen molar-refractivity contribution in [2.24, 2.45) is 0 Å². The van der Waals surface area contributed by atoms with Gasteiger partial charge in [0, 0.05) is 17.3 Å². The van der Waals surface area contributed by atoms with E-state index in [0.29, 0.717) is 28.0 Å². The SMILES string of the molecule is COC(=O)c1cc2ncc(-c3ccc(OC(F)(F)F)cc3)n2cc1-c1ccc(OC(F)(F)F)cc1. The summed E-state index contributed by atoms with van der Waals surface area (Å²) >= 11 is 0. The number of ether oxygens (including phenoxy) is 3. The van der Waals surface area contributed by atoms with Crippen LogP contribution in [0, 0.1) is 0 Å². The molecule has 0 atom stereocenters. The highest BCUT2D eigenvalue weighted by atomic mass is 19.4. The Kier molecular flexibility index (Phi) is 6.05. The van der Waals surface area contributed by atoms with Gasteiger partial charge in [-0.05, 0) is 48.0 Å². The maximum absolute atomic E-state index is 12.5. The molecule has 2 aromatic carbocycles. The average molecular weight is 496 g/mol. The fraction of sp³-hybridized carbons (Fsp3) is 0.130. The van der Waals surface area contributed by atoms with Gasteiger partial charge in [0.1, 0.15) is 17.1 Å². The van der Waals surface area contributed by atoms with Crippen LogP contribution in [0.2, 0.25) is 0 Å². The van der Waals surface area contributed by atoms with Crippen LogP contribution in [0.5, 0.6) is 11.5 Å². The normalized spacial score (nSPS) is 12.0. The Labute approximate surface area is 193 Å². The van der Waals surface area contributed by atoms with Gasteiger partial charge < -0.3 is 14.2 Å². The molecule has 12 heteroatoms. The van der Waals surface area contributed by atoms with E-state index in [2.05, 4.69) is 14.5 Å². The van der Waals surface area contributed by atoms with Crippen LogP contribution in [0.1, 0.15) is 10.4 Å². The summed E-state index contributed by atoms with van der Waals surface area (Å²) in [5.41, 5.74) is 2.12. The van der Waals surface area contributed by atoms with Gasteiger partial charge in [-0.15, -0.1) is 26.3 Å². The highest BCUT2D eigenvalue weighted by Gasteiger charge is 2.31. The average Bonchev–Trinajstić information content (AvgIpc) is 3.19. The summed E-state index contributed by atoms with van der Waals surface area (Å²) in [4.78, 5) is 16.6. The lowest BCUT2D eigenvalue weighted by Gasteiger charge is -2.13. The van der Waals surface area contributed by atoms with E-state index in [4.69, 9.17) is 4.74 Å². The fourth-order valence-electron chi connectivity index (χ4n) is 3.41. The van der Waals surface area contributed by atoms with Crippen LogP contribution in [0.4, 0.5) is 26.3 Å². The van der Waals surface area contributed by atoms with Gasteiger partial charge in [0.2, 0.25) is 0 Å². The van der Waals surface area contributed by atoms with Crippen molar-refractivity contribution in [1.29, 1.82) is 0 Å². The zero-order chi connectivity index (χ0) is 25.4. The number of imidazole rings is 1. The maximum atomic E-state index is 12.5. The first kappa shape index (κ1) is 23.9. The molecule has 6 nitrogen and oxygen atoms in total. The highest BCUT2D eigenvalue weighted by molar-refractivity contribution is 5.98. The van der Waals surface area contributed by atoms with Crippen LogP contribution in [0.3, 0.4) is 0 Å². The minimum absolute atomic E-state index is 0.107. The number of carbonyl (C=O) groups excluding carboxylic acids is 1. The number of benzene rings is 2. The summed E-state index contributed by atoms with van der Waals surface area (Å²) in [7, 11) is 1.18. The van der Waals surface area contributed by atoms with E-state index >= 15 is 0 Å². The first-order valence-corrected chi connectivity index (χ1v) is 9.75. The largest absolute Gasteiger partial charge is 0.573 e. The highest BCUT2D eigenvalue weighted by Crippen LogP contribution is 2.32. The number of alkyl halides is 6. The molecule has 182 valence electrons. The molecule has 2 heterocycles. The number of hydrogen-bond donors (Lipinski definition) is 0. The van der Waals surface area contributed by atoms with Crippen molar-refractivity contribution >= 4 is 11.6 Å². The molecule has 0 saturated carbocycles. The lowest BCUT2D eigenvalue weighted by molar-refractivity contribution is -0.275. The van der Waals surface area contributed by atoms with Gasteiger partial charge in [-0.3, -0.25) is 4.40 Å². The number of fused-ring (bicyclic) bond motifs is 1. The second-order valence-corrected chi connectivity index (χ2v) is 7.11. The lowest BCUT2D eigenvalue weighted by atomic mass is 10.0. The van der Waals surface area contributed by atoms with Crippen LogP contribution >= 0.6 is 0 Å². The van der Waals surface area contributed by atoms with Crippen LogP contribution in [-0.2, 0) is 4.74 Å². The van der Waals surface area contributed by atoms with Gasteiger partial charge in [-0.1, -0.05) is 12.1 Å². The number of aromatic nitrogens is 2. The number of esters is 1. The monoisotopic (exact) mass is 496 g/mol. The summed E-state index contributed by atoms with van der Waals surface area (Å²) in [6.07, 6.45) is -6.70. The van der Waals surface area contributed by atoms with Gasteiger partial charge in [0.15, 0.2) is 0 Å². The molecule has 0 amide bonds. The Balaban J connectivity index is 1.77. The molecule has 35 heavy (non-hydrogen) atoms. The lowest BCUT2D eigenvalue weighted by Crippen LogP contribution is -2.17. The molecule has 0 unspecified atom stereocenters. The second-order valence-electron chi connectivity index (χ2n) is 7.11. The van der Waals surface area contributed by atoms with Gasteiger partial charge in [-0.25, -0.2) is 9.78 Å². The molecule has 0 bridgehead atoms. The minimum atomic E-state index is -4.86. The Morgan fingerprint density at radius 2 is 1.34 bits per heavy atom. The Morgan fingerprint density at radius 3 is 1.83 bits per heavy atom. The van der Waals surface area contributed by atoms with Crippen LogP contribution < -0.4 is 9.47 Å². The van der Waals surface area contributed by atoms with Gasteiger partial charge in [-0.2, -0.15) is 0 Å². The standard InChI is InChI=1S/C23H14F6N2O4/c1-33-21(32)17-10-20-30-11-19(14-4-8-16(9-5-14)35-23(27,28)29)31(20)12-18(17)13-2-6-15(7-3-13)34-22(24,25)26/h2-12H,1H3. The number of pyridine rings is 1. The topological polar surface area (TPSA) is 62.1 Å². The predicted octanol–water partition coefficient (Wildman–Crippen LogP) is 6.25. The van der Waals surface area contributed by atoms with Crippen molar-refractivity contribution in [2.75, 3.05) is 7.11 Å². The first-order chi connectivity index (χ1) is 16.4. The van der Waals surface area contributed by atoms with Crippen molar-refractivity contribution in [2.45, 2.75) is 12.7 Å². The molecule has 4 aromatic rings. The molecule has 0 aliphatic carbocycles. The summed E-state index contributed by atoms with van der Waals surface area (Å²) in [5.74, 6) is -1.53. The Morgan fingerprint density at radius 1 is 0.829 bits per heavy atom. The minimum Gasteiger partial charge on any atom is -0.465 e. The molecule has 0 N–H and O–H groups in total. The molecule has 0 aliphatic rings. The number of nitrogens with zero attached hydrogens (tertiary/aromatic N) is 2. The third kappa shape index (κ3) is 5.48. The smallest absolute Gasteiger partial charge is 0.465 e. The van der Waals surface area contributed by atoms with E-state index in [0.717, 1.165) is 24.3 Å². The summed E-state index contributed by atoms with van der Waals surface area (Å²) in [5, 5.41) is 0. The van der Waals surface area contributed by atoms with Crippen molar-refractivity contribution in [3.63, 3.8) is 0 Å². The number of halogens is 6. The molecule has 0 aliphatic heterocycles. The van der Waals surface area contributed by atoms with E-state index in [-0.39, 0.29) is 5.56 Å². The predicted molar refractivity (Wildman–Crippen MR) is 111 cm³/mol. The summed E-state index contributed by atoms with van der Waals surface area (Å²) in [6, 6.07) is 11.4. The van der Waals surface area contributed by atoms with E-state index in [1.165, 1.54) is 49.8 Å². The van der Waals surface area contributed by atoms with E-state index < -0.39 is 30.2 Å². The molecule has 2 aromatic heterocycles. The van der Waals surface area contributed by atoms with E-state index in [1.807, 2.05) is 0 Å². The Bertz CT molecular complexity index is 1360. The zero-order valence-corrected chi connectivity index (χ0v) is 17.6.